The van der Waals surface area contributed by atoms with Crippen molar-refractivity contribution in [2.24, 2.45) is 28.6 Å². The summed E-state index contributed by atoms with van der Waals surface area (Å²) in [5.41, 5.74) is 7.21. The van der Waals surface area contributed by atoms with E-state index >= 15 is 0 Å². The number of primary amides is 1. The SMILES string of the molecule is C/C(=N\O)c1ccc(O)c2c1C[C@H]1C[C@H]3CC(O)=C(C(N)=O)C(=O)C3C(O)=C1C2=S. The summed E-state index contributed by atoms with van der Waals surface area (Å²) >= 11 is 5.60. The Labute approximate surface area is 177 Å². The van der Waals surface area contributed by atoms with Crippen LogP contribution in [0.5, 0.6) is 5.75 Å². The van der Waals surface area contributed by atoms with Crippen LogP contribution in [0.1, 0.15) is 36.5 Å². The normalized spacial score (nSPS) is 26.3. The lowest BCUT2D eigenvalue weighted by molar-refractivity contribution is -0.126. The van der Waals surface area contributed by atoms with Gasteiger partial charge >= 0.3 is 0 Å². The highest BCUT2D eigenvalue weighted by molar-refractivity contribution is 7.81. The zero-order chi connectivity index (χ0) is 21.9. The smallest absolute Gasteiger partial charge is 0.255 e. The number of allylic oxidation sites excluding steroid dienone is 3. The van der Waals surface area contributed by atoms with Crippen LogP contribution in [0.4, 0.5) is 0 Å². The minimum absolute atomic E-state index is 0.0478. The highest BCUT2D eigenvalue weighted by Gasteiger charge is 2.49. The fraction of sp³-hybridized carbons (Fsp3) is 0.333. The number of carbonyl (C=O) groups excluding carboxylic acids is 2. The van der Waals surface area contributed by atoms with Crippen LogP contribution in [-0.2, 0) is 16.0 Å². The van der Waals surface area contributed by atoms with Crippen molar-refractivity contribution in [3.8, 4) is 5.75 Å². The summed E-state index contributed by atoms with van der Waals surface area (Å²) in [7, 11) is 0. The molecular formula is C21H20N2O6S. The van der Waals surface area contributed by atoms with E-state index in [1.807, 2.05) is 0 Å². The summed E-state index contributed by atoms with van der Waals surface area (Å²) in [6.07, 6.45) is 0.887. The minimum Gasteiger partial charge on any atom is -0.511 e. The molecule has 0 heterocycles. The lowest BCUT2D eigenvalue weighted by Crippen LogP contribution is -2.43. The molecule has 0 saturated heterocycles. The van der Waals surface area contributed by atoms with E-state index < -0.39 is 29.1 Å². The van der Waals surface area contributed by atoms with Crippen molar-refractivity contribution in [1.82, 2.24) is 0 Å². The van der Waals surface area contributed by atoms with Crippen molar-refractivity contribution < 1.29 is 30.1 Å². The van der Waals surface area contributed by atoms with E-state index in [9.17, 15) is 30.1 Å². The molecule has 1 aromatic rings. The molecule has 4 rings (SSSR count). The highest BCUT2D eigenvalue weighted by Crippen LogP contribution is 2.50. The van der Waals surface area contributed by atoms with Gasteiger partial charge in [0.2, 0.25) is 0 Å². The summed E-state index contributed by atoms with van der Waals surface area (Å²) in [6.45, 7) is 1.63. The molecule has 0 fully saturated rings. The van der Waals surface area contributed by atoms with Crippen molar-refractivity contribution in [1.29, 1.82) is 0 Å². The number of ketones is 1. The number of amides is 1. The molecule has 0 saturated carbocycles. The van der Waals surface area contributed by atoms with Crippen LogP contribution in [0.2, 0.25) is 0 Å². The Balaban J connectivity index is 1.88. The summed E-state index contributed by atoms with van der Waals surface area (Å²) in [5.74, 6) is -4.09. The van der Waals surface area contributed by atoms with E-state index in [-0.39, 0.29) is 34.5 Å². The van der Waals surface area contributed by atoms with Gasteiger partial charge in [-0.3, -0.25) is 9.59 Å². The standard InChI is InChI=1S/C21H20N2O6S/c1-7(23-29)10-2-3-12(24)16-11(10)5-8-4-9-6-13(25)17(21(22)28)19(27)14(9)18(26)15(8)20(16)30/h2-3,8-9,14,24-26,29H,4-6H2,1H3,(H2,22,28)/b23-7+/t8-,9+,14?/m1/s1. The van der Waals surface area contributed by atoms with Crippen molar-refractivity contribution in [3.63, 3.8) is 0 Å². The third kappa shape index (κ3) is 2.72. The number of aliphatic hydroxyl groups is 2. The summed E-state index contributed by atoms with van der Waals surface area (Å²) in [5, 5.41) is 44.1. The lowest BCUT2D eigenvalue weighted by atomic mass is 9.62. The largest absolute Gasteiger partial charge is 0.511 e. The first-order valence-electron chi connectivity index (χ1n) is 9.45. The zero-order valence-electron chi connectivity index (χ0n) is 16.0. The van der Waals surface area contributed by atoms with Gasteiger partial charge in [0.25, 0.3) is 5.91 Å². The Kier molecular flexibility index (Phi) is 4.65. The second-order valence-electron chi connectivity index (χ2n) is 7.93. The third-order valence-electron chi connectivity index (χ3n) is 6.31. The molecule has 0 aromatic heterocycles. The number of phenolic OH excluding ortho intramolecular Hbond substituents is 1. The third-order valence-corrected chi connectivity index (χ3v) is 6.73. The van der Waals surface area contributed by atoms with Crippen molar-refractivity contribution in [2.45, 2.75) is 26.2 Å². The second-order valence-corrected chi connectivity index (χ2v) is 8.34. The molecule has 3 aliphatic rings. The fourth-order valence-electron chi connectivity index (χ4n) is 5.03. The molecule has 8 nitrogen and oxygen atoms in total. The predicted molar refractivity (Wildman–Crippen MR) is 111 cm³/mol. The fourth-order valence-corrected chi connectivity index (χ4v) is 5.53. The Morgan fingerprint density at radius 1 is 1.23 bits per heavy atom. The van der Waals surface area contributed by atoms with Crippen LogP contribution in [0.15, 0.2) is 40.0 Å². The molecule has 0 aliphatic heterocycles. The van der Waals surface area contributed by atoms with E-state index in [1.165, 1.54) is 6.07 Å². The van der Waals surface area contributed by atoms with Crippen molar-refractivity contribution >= 4 is 34.5 Å². The van der Waals surface area contributed by atoms with E-state index in [4.69, 9.17) is 18.0 Å². The summed E-state index contributed by atoms with van der Waals surface area (Å²) in [4.78, 5) is 24.7. The number of thiocarbonyl (C=S) groups is 1. The van der Waals surface area contributed by atoms with Gasteiger partial charge in [0, 0.05) is 23.1 Å². The zero-order valence-corrected chi connectivity index (χ0v) is 16.9. The number of hydrogen-bond donors (Lipinski definition) is 5. The molecule has 9 heteroatoms. The number of phenols is 1. The average Bonchev–Trinajstić information content (AvgIpc) is 2.66. The number of nitrogens with zero attached hydrogens (tertiary/aromatic N) is 1. The summed E-state index contributed by atoms with van der Waals surface area (Å²) < 4.78 is 0. The molecule has 0 radical (unpaired) electrons. The molecule has 6 N–H and O–H groups in total. The number of aliphatic hydroxyl groups excluding tert-OH is 2. The Morgan fingerprint density at radius 3 is 2.57 bits per heavy atom. The molecule has 1 amide bonds. The average molecular weight is 428 g/mol. The lowest BCUT2D eigenvalue weighted by Gasteiger charge is -2.42. The van der Waals surface area contributed by atoms with Crippen LogP contribution in [-0.4, -0.2) is 42.8 Å². The van der Waals surface area contributed by atoms with E-state index in [0.29, 0.717) is 40.8 Å². The highest BCUT2D eigenvalue weighted by atomic mass is 32.1. The number of aromatic hydroxyl groups is 1. The maximum atomic E-state index is 12.8. The number of rotatable bonds is 2. The number of Topliss-reactive ketones (excluding diaryl/α,β-unsaturated/α-hetero) is 1. The van der Waals surface area contributed by atoms with Crippen molar-refractivity contribution in [2.75, 3.05) is 0 Å². The first-order chi connectivity index (χ1) is 14.2. The molecule has 3 atom stereocenters. The van der Waals surface area contributed by atoms with Crippen LogP contribution in [0.3, 0.4) is 0 Å². The van der Waals surface area contributed by atoms with Gasteiger partial charge in [0.1, 0.15) is 22.8 Å². The van der Waals surface area contributed by atoms with Gasteiger partial charge in [0.15, 0.2) is 5.78 Å². The molecule has 30 heavy (non-hydrogen) atoms. The number of hydrogen-bond acceptors (Lipinski definition) is 8. The minimum atomic E-state index is -1.03. The monoisotopic (exact) mass is 428 g/mol. The van der Waals surface area contributed by atoms with Crippen LogP contribution in [0.25, 0.3) is 0 Å². The molecule has 0 spiro atoms. The van der Waals surface area contributed by atoms with Crippen LogP contribution in [0, 0.1) is 17.8 Å². The van der Waals surface area contributed by atoms with Gasteiger partial charge < -0.3 is 26.3 Å². The molecular weight excluding hydrogens is 408 g/mol. The maximum absolute atomic E-state index is 12.8. The topological polar surface area (TPSA) is 153 Å². The van der Waals surface area contributed by atoms with Gasteiger partial charge in [0.05, 0.1) is 16.5 Å². The summed E-state index contributed by atoms with van der Waals surface area (Å²) in [6, 6.07) is 3.08. The number of benzene rings is 1. The van der Waals surface area contributed by atoms with Gasteiger partial charge in [-0.2, -0.15) is 0 Å². The molecule has 3 aliphatic carbocycles. The Morgan fingerprint density at radius 2 is 1.93 bits per heavy atom. The molecule has 1 unspecified atom stereocenters. The van der Waals surface area contributed by atoms with Crippen molar-refractivity contribution in [3.05, 3.63) is 51.5 Å². The first-order valence-corrected chi connectivity index (χ1v) is 9.85. The molecule has 156 valence electrons. The molecule has 1 aromatic carbocycles. The number of nitrogens with two attached hydrogens (primary N) is 1. The van der Waals surface area contributed by atoms with Gasteiger partial charge in [-0.05, 0) is 49.3 Å². The van der Waals surface area contributed by atoms with Crippen LogP contribution < -0.4 is 5.73 Å². The van der Waals surface area contributed by atoms with Gasteiger partial charge in [-0.1, -0.05) is 17.4 Å². The first kappa shape index (κ1) is 20.1. The second kappa shape index (κ2) is 6.94. The van der Waals surface area contributed by atoms with Gasteiger partial charge in [-0.25, -0.2) is 0 Å². The van der Waals surface area contributed by atoms with Gasteiger partial charge in [-0.15, -0.1) is 0 Å². The molecule has 0 bridgehead atoms. The Bertz CT molecular complexity index is 1120. The van der Waals surface area contributed by atoms with E-state index in [0.717, 1.165) is 0 Å². The Hall–Kier alpha value is -3.20. The van der Waals surface area contributed by atoms with E-state index in [1.54, 1.807) is 13.0 Å². The number of carbonyl (C=O) groups is 2. The number of fused-ring (bicyclic) bond motifs is 3. The maximum Gasteiger partial charge on any atom is 0.255 e. The van der Waals surface area contributed by atoms with Crippen LogP contribution >= 0.6 is 12.2 Å². The quantitative estimate of drug-likeness (QED) is 0.159. The number of oxime groups is 1. The van der Waals surface area contributed by atoms with E-state index in [2.05, 4.69) is 5.16 Å². The predicted octanol–water partition coefficient (Wildman–Crippen LogP) is 2.20.